The highest BCUT2D eigenvalue weighted by molar-refractivity contribution is 6.28. The Morgan fingerprint density at radius 3 is 2.71 bits per heavy atom. The van der Waals surface area contributed by atoms with Crippen molar-refractivity contribution in [3.8, 4) is 5.95 Å². The van der Waals surface area contributed by atoms with Gasteiger partial charge in [0.1, 0.15) is 12.1 Å². The summed E-state index contributed by atoms with van der Waals surface area (Å²) in [7, 11) is 1.65. The van der Waals surface area contributed by atoms with Crippen molar-refractivity contribution >= 4 is 23.2 Å². The lowest BCUT2D eigenvalue weighted by atomic mass is 10.3. The van der Waals surface area contributed by atoms with E-state index in [2.05, 4.69) is 19.9 Å². The first-order chi connectivity index (χ1) is 10.1. The van der Waals surface area contributed by atoms with Crippen LogP contribution in [0.3, 0.4) is 0 Å². The van der Waals surface area contributed by atoms with Crippen molar-refractivity contribution in [2.45, 2.75) is 0 Å². The van der Waals surface area contributed by atoms with Crippen molar-refractivity contribution in [2.75, 3.05) is 11.9 Å². The number of anilines is 2. The van der Waals surface area contributed by atoms with Gasteiger partial charge in [-0.1, -0.05) is 12.1 Å². The van der Waals surface area contributed by atoms with Gasteiger partial charge in [-0.05, 0) is 23.7 Å². The van der Waals surface area contributed by atoms with Crippen molar-refractivity contribution in [1.29, 1.82) is 0 Å². The van der Waals surface area contributed by atoms with Crippen molar-refractivity contribution in [2.24, 2.45) is 0 Å². The van der Waals surface area contributed by atoms with Crippen LogP contribution in [0.1, 0.15) is 0 Å². The highest BCUT2D eigenvalue weighted by Gasteiger charge is 2.14. The van der Waals surface area contributed by atoms with Gasteiger partial charge in [0.25, 0.3) is 0 Å². The van der Waals surface area contributed by atoms with Crippen molar-refractivity contribution in [3.63, 3.8) is 0 Å². The third-order valence-electron chi connectivity index (χ3n) is 2.83. The van der Waals surface area contributed by atoms with Gasteiger partial charge in [0.2, 0.25) is 17.2 Å². The Morgan fingerprint density at radius 1 is 1.19 bits per heavy atom. The first-order valence-corrected chi connectivity index (χ1v) is 6.41. The van der Waals surface area contributed by atoms with E-state index in [1.165, 1.54) is 11.0 Å². The number of para-hydroxylation sites is 1. The molecule has 0 aliphatic rings. The zero-order valence-corrected chi connectivity index (χ0v) is 11.7. The number of imidazole rings is 1. The number of benzene rings is 1. The van der Waals surface area contributed by atoms with Gasteiger partial charge in [-0.15, -0.1) is 0 Å². The fourth-order valence-electron chi connectivity index (χ4n) is 1.80. The largest absolute Gasteiger partial charge is 0.311 e. The van der Waals surface area contributed by atoms with E-state index in [4.69, 9.17) is 11.6 Å². The average Bonchev–Trinajstić information content (AvgIpc) is 3.01. The van der Waals surface area contributed by atoms with Crippen molar-refractivity contribution in [1.82, 2.24) is 24.5 Å². The van der Waals surface area contributed by atoms with Crippen LogP contribution in [0.2, 0.25) is 5.28 Å². The molecule has 0 saturated carbocycles. The molecule has 2 aromatic heterocycles. The summed E-state index contributed by atoms with van der Waals surface area (Å²) in [6.45, 7) is 0. The molecule has 3 rings (SSSR count). The number of halogens is 2. The normalized spacial score (nSPS) is 10.6. The molecular formula is C13H10ClFN6. The Morgan fingerprint density at radius 2 is 2.00 bits per heavy atom. The molecule has 0 unspecified atom stereocenters. The standard InChI is InChI=1S/C13H10ClFN6/c1-20(10-5-3-2-4-9(10)15)12-17-11(14)18-13(19-12)21-7-6-16-8-21/h2-8H,1H3. The zero-order chi connectivity index (χ0) is 14.8. The molecule has 106 valence electrons. The summed E-state index contributed by atoms with van der Waals surface area (Å²) < 4.78 is 15.4. The molecule has 0 spiro atoms. The molecule has 6 nitrogen and oxygen atoms in total. The molecule has 0 saturated heterocycles. The van der Waals surface area contributed by atoms with Crippen LogP contribution in [-0.4, -0.2) is 31.6 Å². The number of rotatable bonds is 3. The van der Waals surface area contributed by atoms with Crippen LogP contribution in [0.4, 0.5) is 16.0 Å². The summed E-state index contributed by atoms with van der Waals surface area (Å²) in [5.41, 5.74) is 0.344. The molecular weight excluding hydrogens is 295 g/mol. The lowest BCUT2D eigenvalue weighted by molar-refractivity contribution is 0.626. The lowest BCUT2D eigenvalue weighted by Gasteiger charge is -2.18. The van der Waals surface area contributed by atoms with E-state index in [0.29, 0.717) is 11.6 Å². The summed E-state index contributed by atoms with van der Waals surface area (Å²) in [5, 5.41) is 0.0203. The Hall–Kier alpha value is -2.54. The highest BCUT2D eigenvalue weighted by Crippen LogP contribution is 2.24. The van der Waals surface area contributed by atoms with Crippen LogP contribution in [0.15, 0.2) is 43.0 Å². The van der Waals surface area contributed by atoms with E-state index in [1.54, 1.807) is 48.5 Å². The molecule has 2 heterocycles. The summed E-state index contributed by atoms with van der Waals surface area (Å²) in [5.74, 6) is 0.176. The van der Waals surface area contributed by atoms with E-state index in [0.717, 1.165) is 0 Å². The highest BCUT2D eigenvalue weighted by atomic mass is 35.5. The molecule has 0 atom stereocenters. The molecule has 3 aromatic rings. The number of aromatic nitrogens is 5. The van der Waals surface area contributed by atoms with Crippen LogP contribution in [0.25, 0.3) is 5.95 Å². The van der Waals surface area contributed by atoms with Gasteiger partial charge < -0.3 is 4.90 Å². The SMILES string of the molecule is CN(c1nc(Cl)nc(-n2ccnc2)n1)c1ccccc1F. The van der Waals surface area contributed by atoms with E-state index in [9.17, 15) is 4.39 Å². The molecule has 0 bridgehead atoms. The fraction of sp³-hybridized carbons (Fsp3) is 0.0769. The van der Waals surface area contributed by atoms with Crippen LogP contribution in [0.5, 0.6) is 0 Å². The Labute approximate surface area is 124 Å². The predicted octanol–water partition coefficient (Wildman–Crippen LogP) is 2.62. The number of nitrogens with zero attached hydrogens (tertiary/aromatic N) is 6. The molecule has 0 N–H and O–H groups in total. The van der Waals surface area contributed by atoms with Gasteiger partial charge in [-0.2, -0.15) is 15.0 Å². The maximum Gasteiger partial charge on any atom is 0.241 e. The first kappa shape index (κ1) is 13.4. The topological polar surface area (TPSA) is 59.7 Å². The monoisotopic (exact) mass is 304 g/mol. The third kappa shape index (κ3) is 2.68. The van der Waals surface area contributed by atoms with Crippen LogP contribution >= 0.6 is 11.6 Å². The minimum absolute atomic E-state index is 0.0203. The van der Waals surface area contributed by atoms with Gasteiger partial charge >= 0.3 is 0 Å². The van der Waals surface area contributed by atoms with Crippen LogP contribution < -0.4 is 4.90 Å². The van der Waals surface area contributed by atoms with E-state index in [-0.39, 0.29) is 17.0 Å². The second kappa shape index (κ2) is 5.45. The molecule has 21 heavy (non-hydrogen) atoms. The number of hydrogen-bond acceptors (Lipinski definition) is 5. The first-order valence-electron chi connectivity index (χ1n) is 6.03. The van der Waals surface area contributed by atoms with Crippen LogP contribution in [0, 0.1) is 5.82 Å². The molecule has 1 aromatic carbocycles. The van der Waals surface area contributed by atoms with Gasteiger partial charge in [0, 0.05) is 19.4 Å². The smallest absolute Gasteiger partial charge is 0.241 e. The second-order valence-electron chi connectivity index (χ2n) is 4.18. The van der Waals surface area contributed by atoms with Gasteiger partial charge in [-0.3, -0.25) is 4.57 Å². The van der Waals surface area contributed by atoms with Crippen molar-refractivity contribution in [3.05, 3.63) is 54.1 Å². The molecule has 0 amide bonds. The summed E-state index contributed by atoms with van der Waals surface area (Å²) in [6, 6.07) is 6.34. The number of hydrogen-bond donors (Lipinski definition) is 0. The zero-order valence-electron chi connectivity index (χ0n) is 11.0. The van der Waals surface area contributed by atoms with Gasteiger partial charge in [0.05, 0.1) is 5.69 Å². The average molecular weight is 305 g/mol. The van der Waals surface area contributed by atoms with Gasteiger partial charge in [-0.25, -0.2) is 9.37 Å². The Kier molecular flexibility index (Phi) is 3.49. The van der Waals surface area contributed by atoms with E-state index in [1.807, 2.05) is 0 Å². The Balaban J connectivity index is 2.05. The summed E-state index contributed by atoms with van der Waals surface area (Å²) in [6.07, 6.45) is 4.81. The lowest BCUT2D eigenvalue weighted by Crippen LogP contribution is -2.16. The molecule has 0 aliphatic heterocycles. The quantitative estimate of drug-likeness (QED) is 0.744. The summed E-state index contributed by atoms with van der Waals surface area (Å²) in [4.78, 5) is 17.7. The molecule has 0 fully saturated rings. The van der Waals surface area contributed by atoms with Crippen LogP contribution in [-0.2, 0) is 0 Å². The second-order valence-corrected chi connectivity index (χ2v) is 4.52. The predicted molar refractivity (Wildman–Crippen MR) is 76.4 cm³/mol. The maximum absolute atomic E-state index is 13.8. The molecule has 8 heteroatoms. The molecule has 0 aliphatic carbocycles. The van der Waals surface area contributed by atoms with E-state index < -0.39 is 0 Å². The van der Waals surface area contributed by atoms with Gasteiger partial charge in [0.15, 0.2) is 0 Å². The Bertz CT molecular complexity index is 761. The minimum atomic E-state index is -0.374. The van der Waals surface area contributed by atoms with Crippen molar-refractivity contribution < 1.29 is 4.39 Å². The third-order valence-corrected chi connectivity index (χ3v) is 3.00. The summed E-state index contributed by atoms with van der Waals surface area (Å²) >= 11 is 5.92. The van der Waals surface area contributed by atoms with E-state index >= 15 is 0 Å². The molecule has 0 radical (unpaired) electrons. The minimum Gasteiger partial charge on any atom is -0.311 e. The maximum atomic E-state index is 13.8. The fourth-order valence-corrected chi connectivity index (χ4v) is 1.96.